The minimum atomic E-state index is -0.459. The maximum absolute atomic E-state index is 11.9. The van der Waals surface area contributed by atoms with Crippen molar-refractivity contribution in [2.24, 2.45) is 0 Å². The van der Waals surface area contributed by atoms with Crippen LogP contribution in [0.25, 0.3) is 10.6 Å². The highest BCUT2D eigenvalue weighted by Crippen LogP contribution is 2.25. The van der Waals surface area contributed by atoms with Gasteiger partial charge in [0.25, 0.3) is 0 Å². The zero-order chi connectivity index (χ0) is 17.1. The Balaban J connectivity index is 1.60. The van der Waals surface area contributed by atoms with Crippen molar-refractivity contribution >= 4 is 40.2 Å². The van der Waals surface area contributed by atoms with Gasteiger partial charge in [0.05, 0.1) is 5.69 Å². The number of esters is 1. The van der Waals surface area contributed by atoms with Crippen LogP contribution in [-0.2, 0) is 22.7 Å². The summed E-state index contributed by atoms with van der Waals surface area (Å²) in [4.78, 5) is 27.8. The molecule has 0 aliphatic rings. The number of carbonyl (C=O) groups excluding carboxylic acids is 1. The molecule has 0 radical (unpaired) electrons. The zero-order valence-electron chi connectivity index (χ0n) is 12.7. The van der Waals surface area contributed by atoms with Gasteiger partial charge in [-0.25, -0.2) is 4.98 Å². The van der Waals surface area contributed by atoms with Gasteiger partial charge < -0.3 is 4.74 Å². The molecule has 0 saturated carbocycles. The summed E-state index contributed by atoms with van der Waals surface area (Å²) in [5.41, 5.74) is 2.38. The summed E-state index contributed by atoms with van der Waals surface area (Å²) in [6, 6.07) is 7.39. The van der Waals surface area contributed by atoms with E-state index in [1.165, 1.54) is 15.9 Å². The van der Waals surface area contributed by atoms with Gasteiger partial charge in [-0.15, -0.1) is 11.3 Å². The Bertz CT molecular complexity index is 912. The maximum Gasteiger partial charge on any atom is 0.326 e. The molecule has 0 saturated heterocycles. The molecule has 0 unspecified atom stereocenters. The molecule has 1 aromatic carbocycles. The lowest BCUT2D eigenvalue weighted by atomic mass is 10.2. The Morgan fingerprint density at radius 1 is 1.25 bits per heavy atom. The van der Waals surface area contributed by atoms with E-state index in [2.05, 4.69) is 4.98 Å². The van der Waals surface area contributed by atoms with Gasteiger partial charge in [-0.3, -0.25) is 14.2 Å². The summed E-state index contributed by atoms with van der Waals surface area (Å²) in [5, 5.41) is 5.07. The van der Waals surface area contributed by atoms with E-state index < -0.39 is 5.97 Å². The van der Waals surface area contributed by atoms with E-state index in [1.807, 2.05) is 17.5 Å². The summed E-state index contributed by atoms with van der Waals surface area (Å²) in [7, 11) is 0. The molecule has 0 atom stereocenters. The molecule has 0 aliphatic carbocycles. The SMILES string of the molecule is Cc1csc(=O)n1CC(=O)OCc1csc(-c2ccc(Cl)cc2)n1. The monoisotopic (exact) mass is 380 g/mol. The quantitative estimate of drug-likeness (QED) is 0.632. The molecule has 3 rings (SSSR count). The van der Waals surface area contributed by atoms with Crippen LogP contribution >= 0.6 is 34.3 Å². The molecular formula is C16H13ClN2O3S2. The minimum Gasteiger partial charge on any atom is -0.458 e. The molecule has 0 amide bonds. The number of benzene rings is 1. The van der Waals surface area contributed by atoms with Gasteiger partial charge >= 0.3 is 10.8 Å². The highest BCUT2D eigenvalue weighted by molar-refractivity contribution is 7.13. The van der Waals surface area contributed by atoms with E-state index in [1.54, 1.807) is 24.4 Å². The van der Waals surface area contributed by atoms with Crippen molar-refractivity contribution in [1.82, 2.24) is 9.55 Å². The van der Waals surface area contributed by atoms with E-state index in [0.29, 0.717) is 10.7 Å². The molecule has 0 spiro atoms. The number of nitrogens with zero attached hydrogens (tertiary/aromatic N) is 2. The van der Waals surface area contributed by atoms with Crippen LogP contribution in [0.5, 0.6) is 0 Å². The van der Waals surface area contributed by atoms with E-state index >= 15 is 0 Å². The molecule has 2 heterocycles. The number of thiazole rings is 2. The van der Waals surface area contributed by atoms with E-state index in [4.69, 9.17) is 16.3 Å². The van der Waals surface area contributed by atoms with Crippen molar-refractivity contribution in [2.45, 2.75) is 20.1 Å². The maximum atomic E-state index is 11.9. The van der Waals surface area contributed by atoms with Gasteiger partial charge in [-0.05, 0) is 19.1 Å². The van der Waals surface area contributed by atoms with Crippen LogP contribution in [0.1, 0.15) is 11.4 Å². The summed E-state index contributed by atoms with van der Waals surface area (Å²) in [5.74, 6) is -0.459. The molecule has 3 aromatic rings. The van der Waals surface area contributed by atoms with Crippen molar-refractivity contribution in [3.63, 3.8) is 0 Å². The van der Waals surface area contributed by atoms with E-state index in [9.17, 15) is 9.59 Å². The molecule has 5 nitrogen and oxygen atoms in total. The normalized spacial score (nSPS) is 10.8. The number of rotatable bonds is 5. The van der Waals surface area contributed by atoms with Gasteiger partial charge in [-0.1, -0.05) is 35.1 Å². The second-order valence-electron chi connectivity index (χ2n) is 5.04. The standard InChI is InChI=1S/C16H13ClN2O3S2/c1-10-8-24-16(21)19(10)6-14(20)22-7-13-9-23-15(18-13)11-2-4-12(17)5-3-11/h2-5,8-9H,6-7H2,1H3. The van der Waals surface area contributed by atoms with Crippen LogP contribution in [0.4, 0.5) is 0 Å². The molecule has 24 heavy (non-hydrogen) atoms. The number of hydrogen-bond donors (Lipinski definition) is 0. The fourth-order valence-electron chi connectivity index (χ4n) is 2.02. The first-order chi connectivity index (χ1) is 11.5. The van der Waals surface area contributed by atoms with Crippen LogP contribution in [0, 0.1) is 6.92 Å². The third kappa shape index (κ3) is 3.92. The lowest BCUT2D eigenvalue weighted by Gasteiger charge is -2.04. The molecule has 0 aliphatic heterocycles. The topological polar surface area (TPSA) is 61.2 Å². The second-order valence-corrected chi connectivity index (χ2v) is 7.16. The molecular weight excluding hydrogens is 368 g/mol. The number of carbonyl (C=O) groups is 1. The molecule has 0 fully saturated rings. The highest BCUT2D eigenvalue weighted by Gasteiger charge is 2.11. The average Bonchev–Trinajstić information content (AvgIpc) is 3.16. The molecule has 0 N–H and O–H groups in total. The number of aryl methyl sites for hydroxylation is 1. The number of hydrogen-bond acceptors (Lipinski definition) is 6. The first-order valence-electron chi connectivity index (χ1n) is 7.04. The van der Waals surface area contributed by atoms with Crippen molar-refractivity contribution < 1.29 is 9.53 Å². The Kier molecular flexibility index (Phi) is 5.13. The first-order valence-corrected chi connectivity index (χ1v) is 9.17. The van der Waals surface area contributed by atoms with E-state index in [-0.39, 0.29) is 18.0 Å². The predicted octanol–water partition coefficient (Wildman–Crippen LogP) is 3.74. The number of halogens is 1. The number of ether oxygens (including phenoxy) is 1. The second kappa shape index (κ2) is 7.29. The minimum absolute atomic E-state index is 0.0810. The van der Waals surface area contributed by atoms with Gasteiger partial charge in [0, 0.05) is 27.0 Å². The lowest BCUT2D eigenvalue weighted by molar-refractivity contribution is -0.145. The largest absolute Gasteiger partial charge is 0.458 e. The van der Waals surface area contributed by atoms with Crippen LogP contribution in [0.2, 0.25) is 5.02 Å². The van der Waals surface area contributed by atoms with Gasteiger partial charge in [-0.2, -0.15) is 0 Å². The Labute approximate surface area is 151 Å². The summed E-state index contributed by atoms with van der Waals surface area (Å²) < 4.78 is 6.60. The smallest absolute Gasteiger partial charge is 0.326 e. The third-order valence-electron chi connectivity index (χ3n) is 3.29. The Hall–Kier alpha value is -1.96. The first kappa shape index (κ1) is 16.9. The molecule has 0 bridgehead atoms. The van der Waals surface area contributed by atoms with Crippen LogP contribution in [0.3, 0.4) is 0 Å². The summed E-state index contributed by atoms with van der Waals surface area (Å²) in [6.45, 7) is 1.78. The fourth-order valence-corrected chi connectivity index (χ4v) is 3.69. The van der Waals surface area contributed by atoms with Crippen molar-refractivity contribution in [1.29, 1.82) is 0 Å². The van der Waals surface area contributed by atoms with Crippen LogP contribution < -0.4 is 4.87 Å². The van der Waals surface area contributed by atoms with Crippen molar-refractivity contribution in [3.05, 3.63) is 61.1 Å². The fraction of sp³-hybridized carbons (Fsp3) is 0.188. The summed E-state index contributed by atoms with van der Waals surface area (Å²) >= 11 is 8.41. The van der Waals surface area contributed by atoms with Gasteiger partial charge in [0.2, 0.25) is 0 Å². The zero-order valence-corrected chi connectivity index (χ0v) is 15.1. The van der Waals surface area contributed by atoms with Crippen molar-refractivity contribution in [3.8, 4) is 10.6 Å². The molecule has 124 valence electrons. The number of aromatic nitrogens is 2. The Morgan fingerprint density at radius 2 is 2.00 bits per heavy atom. The highest BCUT2D eigenvalue weighted by atomic mass is 35.5. The Morgan fingerprint density at radius 3 is 2.67 bits per heavy atom. The van der Waals surface area contributed by atoms with Crippen LogP contribution in [-0.4, -0.2) is 15.5 Å². The van der Waals surface area contributed by atoms with Crippen LogP contribution in [0.15, 0.2) is 39.8 Å². The van der Waals surface area contributed by atoms with Gasteiger partial charge in [0.1, 0.15) is 18.2 Å². The predicted molar refractivity (Wildman–Crippen MR) is 95.7 cm³/mol. The third-order valence-corrected chi connectivity index (χ3v) is 5.36. The lowest BCUT2D eigenvalue weighted by Crippen LogP contribution is -2.22. The van der Waals surface area contributed by atoms with E-state index in [0.717, 1.165) is 27.6 Å². The summed E-state index contributed by atoms with van der Waals surface area (Å²) in [6.07, 6.45) is 0. The molecule has 2 aromatic heterocycles. The average molecular weight is 381 g/mol. The van der Waals surface area contributed by atoms with Crippen molar-refractivity contribution in [2.75, 3.05) is 0 Å². The molecule has 8 heteroatoms. The van der Waals surface area contributed by atoms with Gasteiger partial charge in [0.15, 0.2) is 0 Å².